The summed E-state index contributed by atoms with van der Waals surface area (Å²) in [5, 5.41) is 24.1. The van der Waals surface area contributed by atoms with Gasteiger partial charge in [0, 0.05) is 10.9 Å². The Hall–Kier alpha value is -3.05. The van der Waals surface area contributed by atoms with E-state index in [4.69, 9.17) is 5.11 Å². The zero-order valence-electron chi connectivity index (χ0n) is 15.5. The van der Waals surface area contributed by atoms with E-state index >= 15 is 0 Å². The first-order valence-corrected chi connectivity index (χ1v) is 9.94. The Morgan fingerprint density at radius 1 is 1.31 bits per heavy atom. The van der Waals surface area contributed by atoms with Crippen LogP contribution in [-0.4, -0.2) is 39.4 Å². The highest BCUT2D eigenvalue weighted by atomic mass is 32.1. The number of nitrogens with one attached hydrogen (secondary N) is 1. The Bertz CT molecular complexity index is 1100. The fourth-order valence-corrected chi connectivity index (χ4v) is 4.47. The van der Waals surface area contributed by atoms with Gasteiger partial charge in [0.25, 0.3) is 0 Å². The molecule has 152 valence electrons. The molecule has 11 heteroatoms. The third kappa shape index (κ3) is 4.20. The fraction of sp³-hybridized carbons (Fsp3) is 0.222. The summed E-state index contributed by atoms with van der Waals surface area (Å²) in [6.07, 6.45) is -0.567. The highest BCUT2D eigenvalue weighted by molar-refractivity contribution is 7.16. The number of aromatic hydroxyl groups is 1. The summed E-state index contributed by atoms with van der Waals surface area (Å²) < 4.78 is 18.9. The largest absolute Gasteiger partial charge is 0.507 e. The van der Waals surface area contributed by atoms with Crippen molar-refractivity contribution in [3.05, 3.63) is 39.6 Å². The second kappa shape index (κ2) is 8.13. The lowest BCUT2D eigenvalue weighted by Crippen LogP contribution is -2.26. The molecule has 0 bridgehead atoms. The summed E-state index contributed by atoms with van der Waals surface area (Å²) in [7, 11) is 1.28. The topological polar surface area (TPSA) is 122 Å². The Balaban J connectivity index is 1.92. The molecule has 1 atom stereocenters. The van der Waals surface area contributed by atoms with Crippen LogP contribution in [0.25, 0.3) is 21.1 Å². The van der Waals surface area contributed by atoms with Gasteiger partial charge in [0.2, 0.25) is 0 Å². The van der Waals surface area contributed by atoms with Gasteiger partial charge < -0.3 is 20.3 Å². The molecule has 8 nitrogen and oxygen atoms in total. The first-order chi connectivity index (χ1) is 13.7. The highest BCUT2D eigenvalue weighted by Crippen LogP contribution is 2.37. The van der Waals surface area contributed by atoms with E-state index in [2.05, 4.69) is 20.0 Å². The highest BCUT2D eigenvalue weighted by Gasteiger charge is 2.21. The van der Waals surface area contributed by atoms with Crippen LogP contribution in [0.4, 0.5) is 9.18 Å². The van der Waals surface area contributed by atoms with E-state index in [1.54, 1.807) is 19.2 Å². The maximum Gasteiger partial charge on any atom is 0.407 e. The van der Waals surface area contributed by atoms with E-state index in [1.807, 2.05) is 0 Å². The number of carboxylic acid groups (broad SMARTS) is 1. The molecule has 3 N–H and O–H groups in total. The lowest BCUT2D eigenvalue weighted by Gasteiger charge is -2.09. The van der Waals surface area contributed by atoms with Gasteiger partial charge in [-0.1, -0.05) is 0 Å². The monoisotopic (exact) mass is 437 g/mol. The number of benzene rings is 1. The van der Waals surface area contributed by atoms with Gasteiger partial charge in [-0.15, -0.1) is 22.7 Å². The van der Waals surface area contributed by atoms with Crippen molar-refractivity contribution in [3.63, 3.8) is 0 Å². The second-order valence-corrected chi connectivity index (χ2v) is 7.91. The van der Waals surface area contributed by atoms with Crippen LogP contribution in [-0.2, 0) is 4.74 Å². The number of methoxy groups -OCH3 is 1. The van der Waals surface area contributed by atoms with E-state index in [9.17, 15) is 19.1 Å². The molecule has 0 fully saturated rings. The number of rotatable bonds is 5. The molecule has 0 saturated heterocycles. The van der Waals surface area contributed by atoms with Gasteiger partial charge >= 0.3 is 12.1 Å². The summed E-state index contributed by atoms with van der Waals surface area (Å²) in [4.78, 5) is 32.0. The molecule has 2 heterocycles. The van der Waals surface area contributed by atoms with Crippen LogP contribution in [0.1, 0.15) is 34.0 Å². The van der Waals surface area contributed by atoms with Crippen molar-refractivity contribution in [3.8, 4) is 26.9 Å². The molecule has 0 unspecified atom stereocenters. The minimum absolute atomic E-state index is 0.00636. The Morgan fingerprint density at radius 2 is 2.03 bits per heavy atom. The van der Waals surface area contributed by atoms with Crippen LogP contribution in [0.5, 0.6) is 5.75 Å². The summed E-state index contributed by atoms with van der Waals surface area (Å²) in [6, 6.07) is 1.45. The molecular weight excluding hydrogens is 421 g/mol. The zero-order chi connectivity index (χ0) is 21.3. The molecule has 0 aliphatic carbocycles. The summed E-state index contributed by atoms with van der Waals surface area (Å²) in [5.41, 5.74) is 0.757. The minimum atomic E-state index is -1.42. The number of aromatic nitrogens is 2. The van der Waals surface area contributed by atoms with Crippen molar-refractivity contribution in [2.45, 2.75) is 19.9 Å². The second-order valence-electron chi connectivity index (χ2n) is 6.02. The minimum Gasteiger partial charge on any atom is -0.507 e. The molecular formula is C18H16FN3O5S2. The number of carbonyl (C=O) groups is 2. The van der Waals surface area contributed by atoms with Crippen LogP contribution < -0.4 is 5.32 Å². The molecule has 0 radical (unpaired) electrons. The van der Waals surface area contributed by atoms with Crippen LogP contribution >= 0.6 is 22.7 Å². The molecule has 0 aliphatic rings. The Morgan fingerprint density at radius 3 is 2.69 bits per heavy atom. The maximum atomic E-state index is 14.4. The summed E-state index contributed by atoms with van der Waals surface area (Å²) in [6.45, 7) is 3.57. The normalized spacial score (nSPS) is 11.9. The van der Waals surface area contributed by atoms with Crippen molar-refractivity contribution in [1.29, 1.82) is 0 Å². The standard InChI is InChI=1S/C18H16FN3O5S2/c1-7-14(29-15(20-7)8(2)21-18(26)27-3)12-6-28-16(22-12)9-5-13(23)10(17(24)25)4-11(9)19/h4-6,8,23H,1-3H3,(H,21,26)(H,24,25)/t8-/m0/s1. The lowest BCUT2D eigenvalue weighted by molar-refractivity contribution is 0.0693. The number of hydrogen-bond acceptors (Lipinski definition) is 8. The van der Waals surface area contributed by atoms with Crippen LogP contribution in [0.15, 0.2) is 17.5 Å². The van der Waals surface area contributed by atoms with E-state index < -0.39 is 29.2 Å². The number of amides is 1. The Kier molecular flexibility index (Phi) is 5.80. The predicted molar refractivity (Wildman–Crippen MR) is 106 cm³/mol. The van der Waals surface area contributed by atoms with Gasteiger partial charge in [0.05, 0.1) is 29.4 Å². The van der Waals surface area contributed by atoms with Gasteiger partial charge in [-0.25, -0.2) is 23.9 Å². The molecule has 1 amide bonds. The van der Waals surface area contributed by atoms with Gasteiger partial charge in [-0.05, 0) is 26.0 Å². The van der Waals surface area contributed by atoms with E-state index in [0.29, 0.717) is 21.4 Å². The Labute approximate surface area is 172 Å². The first kappa shape index (κ1) is 20.7. The van der Waals surface area contributed by atoms with Crippen LogP contribution in [0.2, 0.25) is 0 Å². The van der Waals surface area contributed by atoms with Crippen LogP contribution in [0, 0.1) is 12.7 Å². The predicted octanol–water partition coefficient (Wildman–Crippen LogP) is 4.20. The van der Waals surface area contributed by atoms with Crippen molar-refractivity contribution in [2.75, 3.05) is 7.11 Å². The number of phenols is 1. The molecule has 29 heavy (non-hydrogen) atoms. The quantitative estimate of drug-likeness (QED) is 0.547. The van der Waals surface area contributed by atoms with Crippen LogP contribution in [0.3, 0.4) is 0 Å². The van der Waals surface area contributed by atoms with Gasteiger partial charge in [0.1, 0.15) is 27.1 Å². The number of nitrogens with zero attached hydrogens (tertiary/aromatic N) is 2. The van der Waals surface area contributed by atoms with Crippen molar-refractivity contribution >= 4 is 34.7 Å². The van der Waals surface area contributed by atoms with Gasteiger partial charge in [-0.3, -0.25) is 0 Å². The number of halogens is 1. The molecule has 0 saturated carbocycles. The maximum absolute atomic E-state index is 14.4. The van der Waals surface area contributed by atoms with E-state index in [-0.39, 0.29) is 11.6 Å². The number of alkyl carbamates (subject to hydrolysis) is 1. The lowest BCUT2D eigenvalue weighted by atomic mass is 10.1. The summed E-state index contributed by atoms with van der Waals surface area (Å²) in [5.74, 6) is -2.75. The number of hydrogen-bond donors (Lipinski definition) is 3. The molecule has 0 spiro atoms. The number of ether oxygens (including phenoxy) is 1. The smallest absolute Gasteiger partial charge is 0.407 e. The third-order valence-electron chi connectivity index (χ3n) is 3.99. The number of aryl methyl sites for hydroxylation is 1. The number of thiazole rings is 2. The molecule has 2 aromatic heterocycles. The number of aromatic carboxylic acids is 1. The van der Waals surface area contributed by atoms with Gasteiger partial charge in [0.15, 0.2) is 0 Å². The first-order valence-electron chi connectivity index (χ1n) is 8.25. The summed E-state index contributed by atoms with van der Waals surface area (Å²) >= 11 is 2.49. The van der Waals surface area contributed by atoms with Gasteiger partial charge in [-0.2, -0.15) is 0 Å². The fourth-order valence-electron chi connectivity index (χ4n) is 2.54. The molecule has 1 aromatic carbocycles. The van der Waals surface area contributed by atoms with Crippen molar-refractivity contribution < 1.29 is 28.9 Å². The molecule has 0 aliphatic heterocycles. The third-order valence-corrected chi connectivity index (χ3v) is 6.22. The van der Waals surface area contributed by atoms with Crippen molar-refractivity contribution in [1.82, 2.24) is 15.3 Å². The van der Waals surface area contributed by atoms with Crippen molar-refractivity contribution in [2.24, 2.45) is 0 Å². The average Bonchev–Trinajstić information content (AvgIpc) is 3.29. The van der Waals surface area contributed by atoms with E-state index in [0.717, 1.165) is 28.3 Å². The number of carbonyl (C=O) groups excluding carboxylic acids is 1. The van der Waals surface area contributed by atoms with E-state index in [1.165, 1.54) is 18.4 Å². The molecule has 3 rings (SSSR count). The zero-order valence-corrected chi connectivity index (χ0v) is 17.2. The average molecular weight is 437 g/mol. The molecule has 3 aromatic rings. The number of carboxylic acids is 1. The SMILES string of the molecule is COC(=O)N[C@@H](C)c1nc(C)c(-c2csc(-c3cc(O)c(C(=O)O)cc3F)n2)s1.